The van der Waals surface area contributed by atoms with Gasteiger partial charge in [-0.15, -0.1) is 0 Å². The van der Waals surface area contributed by atoms with Crippen LogP contribution in [0.5, 0.6) is 0 Å². The third kappa shape index (κ3) is 7.21. The molecule has 20 heavy (non-hydrogen) atoms. The summed E-state index contributed by atoms with van der Waals surface area (Å²) in [5, 5.41) is 0. The molecule has 0 aromatic carbocycles. The molecule has 1 rings (SSSR count). The van der Waals surface area contributed by atoms with E-state index in [1.165, 1.54) is 42.3 Å². The van der Waals surface area contributed by atoms with Gasteiger partial charge in [-0.1, -0.05) is 26.3 Å². The Kier molecular flexibility index (Phi) is 10.7. The molecule has 0 aromatic heterocycles. The molecule has 1 nitrogen and oxygen atoms in total. The van der Waals surface area contributed by atoms with Crippen LogP contribution in [0.3, 0.4) is 0 Å². The van der Waals surface area contributed by atoms with Gasteiger partial charge in [0.2, 0.25) is 0 Å². The lowest BCUT2D eigenvalue weighted by molar-refractivity contribution is -0.118. The number of rotatable bonds is 12. The maximum Gasteiger partial charge on any atom is 0.161 e. The Labute approximate surface area is 133 Å². The van der Waals surface area contributed by atoms with E-state index in [1.54, 1.807) is 0 Å². The SMILES string of the molecule is CCCCC1=CCC(CCCSCCCSCC)C1=O. The average Bonchev–Trinajstić information content (AvgIpc) is 2.80. The number of thioether (sulfide) groups is 2. The quantitative estimate of drug-likeness (QED) is 0.452. The number of carbonyl (C=O) groups excluding carboxylic acids is 1. The van der Waals surface area contributed by atoms with Crippen molar-refractivity contribution < 1.29 is 4.79 Å². The molecule has 0 fully saturated rings. The summed E-state index contributed by atoms with van der Waals surface area (Å²) in [5.74, 6) is 5.83. The van der Waals surface area contributed by atoms with E-state index in [2.05, 4.69) is 31.7 Å². The van der Waals surface area contributed by atoms with Crippen LogP contribution in [0.25, 0.3) is 0 Å². The zero-order valence-corrected chi connectivity index (χ0v) is 14.8. The number of hydrogen-bond acceptors (Lipinski definition) is 3. The van der Waals surface area contributed by atoms with Crippen molar-refractivity contribution in [2.45, 2.75) is 58.8 Å². The molecule has 0 spiro atoms. The van der Waals surface area contributed by atoms with Gasteiger partial charge in [0.1, 0.15) is 0 Å². The molecular formula is C17H30OS2. The lowest BCUT2D eigenvalue weighted by Gasteiger charge is -2.09. The van der Waals surface area contributed by atoms with E-state index in [0.29, 0.717) is 11.7 Å². The molecule has 0 radical (unpaired) electrons. The molecule has 0 saturated heterocycles. The number of hydrogen-bond donors (Lipinski definition) is 0. The maximum atomic E-state index is 12.2. The molecule has 0 aromatic rings. The Balaban J connectivity index is 2.00. The highest BCUT2D eigenvalue weighted by molar-refractivity contribution is 8.00. The molecule has 0 aliphatic heterocycles. The van der Waals surface area contributed by atoms with Crippen molar-refractivity contribution in [3.8, 4) is 0 Å². The van der Waals surface area contributed by atoms with Crippen LogP contribution in [0.4, 0.5) is 0 Å². The predicted octanol–water partition coefficient (Wildman–Crippen LogP) is 5.35. The molecule has 1 aliphatic rings. The fourth-order valence-corrected chi connectivity index (χ4v) is 4.28. The second-order valence-corrected chi connectivity index (χ2v) is 8.05. The minimum absolute atomic E-state index is 0.318. The third-order valence-corrected chi connectivity index (χ3v) is 5.90. The number of Topliss-reactive ketones (excluding diaryl/α,β-unsaturated/α-hetero) is 1. The van der Waals surface area contributed by atoms with Crippen molar-refractivity contribution in [2.24, 2.45) is 5.92 Å². The lowest BCUT2D eigenvalue weighted by Crippen LogP contribution is -2.10. The zero-order chi connectivity index (χ0) is 14.6. The van der Waals surface area contributed by atoms with Crippen molar-refractivity contribution in [3.05, 3.63) is 11.6 Å². The molecule has 1 aliphatic carbocycles. The van der Waals surface area contributed by atoms with E-state index < -0.39 is 0 Å². The van der Waals surface area contributed by atoms with Crippen molar-refractivity contribution >= 4 is 29.3 Å². The zero-order valence-electron chi connectivity index (χ0n) is 13.2. The van der Waals surface area contributed by atoms with Crippen LogP contribution in [0.15, 0.2) is 11.6 Å². The molecule has 1 atom stereocenters. The van der Waals surface area contributed by atoms with Crippen molar-refractivity contribution in [2.75, 3.05) is 23.0 Å². The summed E-state index contributed by atoms with van der Waals surface area (Å²) in [4.78, 5) is 12.2. The minimum Gasteiger partial charge on any atom is -0.294 e. The van der Waals surface area contributed by atoms with Crippen LogP contribution < -0.4 is 0 Å². The van der Waals surface area contributed by atoms with Gasteiger partial charge < -0.3 is 0 Å². The van der Waals surface area contributed by atoms with E-state index in [0.717, 1.165) is 31.3 Å². The van der Waals surface area contributed by atoms with Gasteiger partial charge in [0.05, 0.1) is 0 Å². The number of carbonyl (C=O) groups is 1. The van der Waals surface area contributed by atoms with Gasteiger partial charge in [0.15, 0.2) is 5.78 Å². The van der Waals surface area contributed by atoms with Gasteiger partial charge in [0.25, 0.3) is 0 Å². The Morgan fingerprint density at radius 1 is 1.10 bits per heavy atom. The van der Waals surface area contributed by atoms with Gasteiger partial charge in [-0.05, 0) is 67.1 Å². The topological polar surface area (TPSA) is 17.1 Å². The highest BCUT2D eigenvalue weighted by atomic mass is 32.2. The fourth-order valence-electron chi connectivity index (χ4n) is 2.54. The number of unbranched alkanes of at least 4 members (excludes halogenated alkanes) is 1. The smallest absolute Gasteiger partial charge is 0.161 e. The Morgan fingerprint density at radius 2 is 1.85 bits per heavy atom. The molecular weight excluding hydrogens is 284 g/mol. The summed E-state index contributed by atoms with van der Waals surface area (Å²) in [6, 6.07) is 0. The van der Waals surface area contributed by atoms with Crippen molar-refractivity contribution in [1.29, 1.82) is 0 Å². The number of ketones is 1. The maximum absolute atomic E-state index is 12.2. The predicted molar refractivity (Wildman–Crippen MR) is 94.9 cm³/mol. The average molecular weight is 315 g/mol. The third-order valence-electron chi connectivity index (χ3n) is 3.76. The Hall–Kier alpha value is 0.110. The molecule has 0 bridgehead atoms. The van der Waals surface area contributed by atoms with E-state index >= 15 is 0 Å². The minimum atomic E-state index is 0.318. The van der Waals surface area contributed by atoms with Crippen LogP contribution in [-0.4, -0.2) is 28.8 Å². The highest BCUT2D eigenvalue weighted by Crippen LogP contribution is 2.28. The second-order valence-electron chi connectivity index (χ2n) is 5.43. The molecule has 116 valence electrons. The van der Waals surface area contributed by atoms with Crippen LogP contribution in [0, 0.1) is 5.92 Å². The normalized spacial score (nSPS) is 18.6. The summed E-state index contributed by atoms with van der Waals surface area (Å²) < 4.78 is 0. The molecule has 0 heterocycles. The van der Waals surface area contributed by atoms with Gasteiger partial charge in [-0.2, -0.15) is 23.5 Å². The van der Waals surface area contributed by atoms with Crippen molar-refractivity contribution in [3.63, 3.8) is 0 Å². The second kappa shape index (κ2) is 11.7. The number of allylic oxidation sites excluding steroid dienone is 2. The first-order valence-corrected chi connectivity index (χ1v) is 10.5. The summed E-state index contributed by atoms with van der Waals surface area (Å²) in [6.07, 6.45) is 10.2. The molecule has 0 amide bonds. The molecule has 0 N–H and O–H groups in total. The highest BCUT2D eigenvalue weighted by Gasteiger charge is 2.25. The lowest BCUT2D eigenvalue weighted by atomic mass is 9.97. The standard InChI is InChI=1S/C17H30OS2/c1-3-5-8-15-10-11-16(17(15)18)9-6-12-20-14-7-13-19-4-2/h10,16H,3-9,11-14H2,1-2H3. The van der Waals surface area contributed by atoms with E-state index in [1.807, 2.05) is 11.8 Å². The van der Waals surface area contributed by atoms with Crippen LogP contribution in [0.2, 0.25) is 0 Å². The molecule has 3 heteroatoms. The van der Waals surface area contributed by atoms with E-state index in [4.69, 9.17) is 0 Å². The Morgan fingerprint density at radius 3 is 2.60 bits per heavy atom. The van der Waals surface area contributed by atoms with Crippen LogP contribution in [-0.2, 0) is 4.79 Å². The van der Waals surface area contributed by atoms with Gasteiger partial charge in [0, 0.05) is 5.92 Å². The molecule has 0 saturated carbocycles. The molecule has 1 unspecified atom stereocenters. The monoisotopic (exact) mass is 314 g/mol. The summed E-state index contributed by atoms with van der Waals surface area (Å²) >= 11 is 4.10. The van der Waals surface area contributed by atoms with Crippen LogP contribution in [0.1, 0.15) is 58.8 Å². The van der Waals surface area contributed by atoms with E-state index in [-0.39, 0.29) is 0 Å². The van der Waals surface area contributed by atoms with Gasteiger partial charge >= 0.3 is 0 Å². The first kappa shape index (κ1) is 18.2. The largest absolute Gasteiger partial charge is 0.294 e. The Bertz CT molecular complexity index is 299. The summed E-state index contributed by atoms with van der Waals surface area (Å²) in [7, 11) is 0. The van der Waals surface area contributed by atoms with E-state index in [9.17, 15) is 4.79 Å². The van der Waals surface area contributed by atoms with Gasteiger partial charge in [-0.3, -0.25) is 4.79 Å². The first-order valence-electron chi connectivity index (χ1n) is 8.18. The fraction of sp³-hybridized carbons (Fsp3) is 0.824. The van der Waals surface area contributed by atoms with Gasteiger partial charge in [-0.25, -0.2) is 0 Å². The van der Waals surface area contributed by atoms with Crippen LogP contribution >= 0.6 is 23.5 Å². The first-order chi connectivity index (χ1) is 9.79. The van der Waals surface area contributed by atoms with Crippen molar-refractivity contribution in [1.82, 2.24) is 0 Å². The summed E-state index contributed by atoms with van der Waals surface area (Å²) in [6.45, 7) is 4.41. The summed E-state index contributed by atoms with van der Waals surface area (Å²) in [5.41, 5.74) is 1.13.